The largest absolute Gasteiger partial charge is 0.454 e. The number of nitrogens with two attached hydrogens (primary N) is 1. The summed E-state index contributed by atoms with van der Waals surface area (Å²) in [6.07, 6.45) is 3.56. The minimum absolute atomic E-state index is 0.0843. The molecule has 2 aromatic carbocycles. The van der Waals surface area contributed by atoms with Crippen LogP contribution in [0, 0.1) is 23.5 Å². The van der Waals surface area contributed by atoms with Gasteiger partial charge in [0.25, 0.3) is 5.91 Å². The van der Waals surface area contributed by atoms with Crippen molar-refractivity contribution in [3.05, 3.63) is 54.1 Å². The molecule has 1 aliphatic carbocycles. The van der Waals surface area contributed by atoms with Gasteiger partial charge >= 0.3 is 0 Å². The maximum absolute atomic E-state index is 14.5. The van der Waals surface area contributed by atoms with Crippen LogP contribution in [0.1, 0.15) is 32.1 Å². The van der Waals surface area contributed by atoms with Crippen LogP contribution in [0.5, 0.6) is 11.5 Å². The molecule has 33 heavy (non-hydrogen) atoms. The molecular weight excluding hydrogens is 456 g/mol. The Morgan fingerprint density at radius 3 is 2.30 bits per heavy atom. The van der Waals surface area contributed by atoms with Crippen LogP contribution >= 0.6 is 0 Å². The molecule has 1 atom stereocenters. The summed E-state index contributed by atoms with van der Waals surface area (Å²) in [4.78, 5) is 11.7. The number of benzene rings is 2. The Morgan fingerprint density at radius 2 is 1.73 bits per heavy atom. The number of carbonyl (C=O) groups excluding carboxylic acids is 1. The van der Waals surface area contributed by atoms with Crippen molar-refractivity contribution in [3.8, 4) is 11.5 Å². The molecule has 0 heterocycles. The lowest BCUT2D eigenvalue weighted by Crippen LogP contribution is -2.47. The van der Waals surface area contributed by atoms with Crippen molar-refractivity contribution in [2.24, 2.45) is 17.6 Å². The third kappa shape index (κ3) is 6.70. The van der Waals surface area contributed by atoms with Crippen LogP contribution in [0.15, 0.2) is 47.4 Å². The molecule has 1 unspecified atom stereocenters. The second-order valence-corrected chi connectivity index (χ2v) is 9.87. The lowest BCUT2D eigenvalue weighted by molar-refractivity contribution is -0.131. The fourth-order valence-electron chi connectivity index (χ4n) is 3.94. The number of nitrogens with one attached hydrogen (secondary N) is 2. The van der Waals surface area contributed by atoms with Crippen LogP contribution in [0.3, 0.4) is 0 Å². The summed E-state index contributed by atoms with van der Waals surface area (Å²) < 4.78 is 60.8. The molecule has 1 aliphatic rings. The molecule has 0 saturated heterocycles. The topological polar surface area (TPSA) is 131 Å². The first-order chi connectivity index (χ1) is 15.7. The normalized spacial score (nSPS) is 19.6. The number of hydroxylamine groups is 1. The second kappa shape index (κ2) is 11.0. The molecule has 11 heteroatoms. The summed E-state index contributed by atoms with van der Waals surface area (Å²) >= 11 is 0. The van der Waals surface area contributed by atoms with E-state index in [2.05, 4.69) is 4.72 Å². The first-order valence-electron chi connectivity index (χ1n) is 10.6. The van der Waals surface area contributed by atoms with Gasteiger partial charge in [-0.05, 0) is 80.1 Å². The van der Waals surface area contributed by atoms with Gasteiger partial charge in [-0.1, -0.05) is 12.8 Å². The second-order valence-electron chi connectivity index (χ2n) is 8.16. The molecule has 1 saturated carbocycles. The summed E-state index contributed by atoms with van der Waals surface area (Å²) in [5, 5.41) is 9.07. The first-order valence-corrected chi connectivity index (χ1v) is 12.1. The quantitative estimate of drug-likeness (QED) is 0.320. The molecular formula is C22H27F2N3O5S. The van der Waals surface area contributed by atoms with Gasteiger partial charge in [0.05, 0.1) is 4.90 Å². The Balaban J connectivity index is 1.71. The lowest BCUT2D eigenvalue weighted by Gasteiger charge is -2.30. The van der Waals surface area contributed by atoms with E-state index in [1.165, 1.54) is 17.6 Å². The number of carbonyl (C=O) groups is 1. The summed E-state index contributed by atoms with van der Waals surface area (Å²) in [6, 6.07) is 6.70. The van der Waals surface area contributed by atoms with Gasteiger partial charge in [0, 0.05) is 0 Å². The van der Waals surface area contributed by atoms with Gasteiger partial charge in [0.1, 0.15) is 17.6 Å². The molecule has 1 fully saturated rings. The van der Waals surface area contributed by atoms with Crippen molar-refractivity contribution in [3.63, 3.8) is 0 Å². The summed E-state index contributed by atoms with van der Waals surface area (Å²) in [5.41, 5.74) is 7.19. The highest BCUT2D eigenvalue weighted by molar-refractivity contribution is 7.89. The molecule has 3 rings (SSSR count). The first kappa shape index (κ1) is 25.0. The molecule has 0 spiro atoms. The number of amides is 1. The van der Waals surface area contributed by atoms with Gasteiger partial charge in [-0.2, -0.15) is 4.72 Å². The summed E-state index contributed by atoms with van der Waals surface area (Å²) in [7, 11) is -4.29. The van der Waals surface area contributed by atoms with Crippen molar-refractivity contribution >= 4 is 15.9 Å². The van der Waals surface area contributed by atoms with E-state index in [1.807, 2.05) is 0 Å². The van der Waals surface area contributed by atoms with E-state index in [9.17, 15) is 22.0 Å². The van der Waals surface area contributed by atoms with E-state index in [1.54, 1.807) is 0 Å². The monoisotopic (exact) mass is 483 g/mol. The highest BCUT2D eigenvalue weighted by Gasteiger charge is 2.30. The zero-order chi connectivity index (χ0) is 24.0. The van der Waals surface area contributed by atoms with Crippen LogP contribution in [0.4, 0.5) is 8.78 Å². The highest BCUT2D eigenvalue weighted by atomic mass is 32.2. The number of hydrogen-bond acceptors (Lipinski definition) is 6. The van der Waals surface area contributed by atoms with E-state index < -0.39 is 38.5 Å². The number of ether oxygens (including phenoxy) is 1. The van der Waals surface area contributed by atoms with E-state index in [0.29, 0.717) is 12.5 Å². The zero-order valence-corrected chi connectivity index (χ0v) is 18.7. The van der Waals surface area contributed by atoms with Crippen LogP contribution in [-0.4, -0.2) is 32.1 Å². The van der Waals surface area contributed by atoms with Crippen LogP contribution in [-0.2, 0) is 14.8 Å². The van der Waals surface area contributed by atoms with E-state index >= 15 is 0 Å². The van der Waals surface area contributed by atoms with Gasteiger partial charge < -0.3 is 10.5 Å². The average Bonchev–Trinajstić information content (AvgIpc) is 2.81. The minimum Gasteiger partial charge on any atom is -0.454 e. The van der Waals surface area contributed by atoms with Crippen molar-refractivity contribution in [2.45, 2.75) is 43.0 Å². The molecule has 5 N–H and O–H groups in total. The number of rotatable bonds is 9. The van der Waals surface area contributed by atoms with E-state index in [4.69, 9.17) is 15.7 Å². The summed E-state index contributed by atoms with van der Waals surface area (Å²) in [5.74, 6) is -1.90. The predicted molar refractivity (Wildman–Crippen MR) is 116 cm³/mol. The lowest BCUT2D eigenvalue weighted by atomic mass is 9.79. The van der Waals surface area contributed by atoms with Gasteiger partial charge in [-0.15, -0.1) is 0 Å². The van der Waals surface area contributed by atoms with Gasteiger partial charge in [-0.3, -0.25) is 10.0 Å². The van der Waals surface area contributed by atoms with Gasteiger partial charge in [0.15, 0.2) is 11.6 Å². The number of hydrogen-bond donors (Lipinski definition) is 4. The Bertz CT molecular complexity index is 1060. The SMILES string of the molecule is NCC1CCC(CC(NS(=O)(=O)c2ccc(Oc3ccc(F)cc3)c(F)c2)C(=O)NO)CC1. The zero-order valence-electron chi connectivity index (χ0n) is 17.8. The standard InChI is InChI=1S/C22H27F2N3O5S/c23-16-5-7-17(8-6-16)32-21-10-9-18(12-19(21)24)33(30,31)27-20(22(28)26-29)11-14-1-3-15(13-25)4-2-14/h5-10,12,14-15,20,27,29H,1-4,11,13,25H2,(H,26,28). The maximum atomic E-state index is 14.5. The molecule has 8 nitrogen and oxygen atoms in total. The average molecular weight is 484 g/mol. The van der Waals surface area contributed by atoms with Crippen molar-refractivity contribution < 1.29 is 31.9 Å². The summed E-state index contributed by atoms with van der Waals surface area (Å²) in [6.45, 7) is 0.590. The molecule has 1 amide bonds. The Kier molecular flexibility index (Phi) is 8.35. The van der Waals surface area contributed by atoms with Crippen LogP contribution in [0.25, 0.3) is 0 Å². The maximum Gasteiger partial charge on any atom is 0.261 e. The van der Waals surface area contributed by atoms with Gasteiger partial charge in [-0.25, -0.2) is 22.7 Å². The van der Waals surface area contributed by atoms with Gasteiger partial charge in [0.2, 0.25) is 10.0 Å². The minimum atomic E-state index is -4.29. The smallest absolute Gasteiger partial charge is 0.261 e. The van der Waals surface area contributed by atoms with Crippen molar-refractivity contribution in [1.29, 1.82) is 0 Å². The Hall–Kier alpha value is -2.60. The third-order valence-electron chi connectivity index (χ3n) is 5.85. The molecule has 0 radical (unpaired) electrons. The molecule has 180 valence electrons. The Morgan fingerprint density at radius 1 is 1.09 bits per heavy atom. The van der Waals surface area contributed by atoms with E-state index in [0.717, 1.165) is 56.0 Å². The predicted octanol–water partition coefficient (Wildman–Crippen LogP) is 3.06. The fourth-order valence-corrected chi connectivity index (χ4v) is 5.16. The highest BCUT2D eigenvalue weighted by Crippen LogP contribution is 2.32. The third-order valence-corrected chi connectivity index (χ3v) is 7.32. The van der Waals surface area contributed by atoms with Crippen molar-refractivity contribution in [2.75, 3.05) is 6.54 Å². The van der Waals surface area contributed by atoms with Crippen LogP contribution in [0.2, 0.25) is 0 Å². The van der Waals surface area contributed by atoms with Crippen LogP contribution < -0.4 is 20.7 Å². The number of halogens is 2. The molecule has 0 aliphatic heterocycles. The Labute approximate surface area is 191 Å². The number of sulfonamides is 1. The molecule has 2 aromatic rings. The van der Waals surface area contributed by atoms with E-state index in [-0.39, 0.29) is 23.8 Å². The fraction of sp³-hybridized carbons (Fsp3) is 0.409. The molecule has 0 aromatic heterocycles. The molecule has 0 bridgehead atoms. The van der Waals surface area contributed by atoms with Crippen molar-refractivity contribution in [1.82, 2.24) is 10.2 Å².